The fourth-order valence-corrected chi connectivity index (χ4v) is 4.05. The van der Waals surface area contributed by atoms with Crippen LogP contribution < -0.4 is 5.32 Å². The van der Waals surface area contributed by atoms with Crippen LogP contribution in [0.3, 0.4) is 0 Å². The smallest absolute Gasteiger partial charge is 0.0810 e. The summed E-state index contributed by atoms with van der Waals surface area (Å²) in [5, 5.41) is 3.37. The largest absolute Gasteiger partial charge is 0.381 e. The molecule has 2 aliphatic rings. The summed E-state index contributed by atoms with van der Waals surface area (Å²) in [6.07, 6.45) is 12.0. The first-order chi connectivity index (χ1) is 9.71. The quantitative estimate of drug-likeness (QED) is 0.809. The first kappa shape index (κ1) is 16.3. The summed E-state index contributed by atoms with van der Waals surface area (Å²) in [7, 11) is 3.89. The highest BCUT2D eigenvalue weighted by Crippen LogP contribution is 2.38. The Morgan fingerprint density at radius 2 is 1.80 bits per heavy atom. The molecule has 2 aliphatic carbocycles. The van der Waals surface area contributed by atoms with Crippen LogP contribution in [0.25, 0.3) is 0 Å². The number of methoxy groups -OCH3 is 1. The van der Waals surface area contributed by atoms with Crippen molar-refractivity contribution in [3.8, 4) is 0 Å². The van der Waals surface area contributed by atoms with E-state index in [1.165, 1.54) is 51.4 Å². The maximum Gasteiger partial charge on any atom is 0.0810 e. The number of likely N-dealkylation sites (N-methyl/N-ethyl adjacent to an activating group) is 1. The zero-order chi connectivity index (χ0) is 14.4. The average Bonchev–Trinajstić information content (AvgIpc) is 2.48. The van der Waals surface area contributed by atoms with Gasteiger partial charge in [-0.05, 0) is 64.3 Å². The molecule has 3 heteroatoms. The van der Waals surface area contributed by atoms with Gasteiger partial charge in [0.15, 0.2) is 0 Å². The molecule has 0 amide bonds. The van der Waals surface area contributed by atoms with Gasteiger partial charge in [-0.3, -0.25) is 0 Å². The molecule has 0 spiro atoms. The SMILES string of the molecule is CCC1CCC(CNC)(OC2CCCC(OC)C2)CC1. The van der Waals surface area contributed by atoms with E-state index in [4.69, 9.17) is 9.47 Å². The Bertz CT molecular complexity index is 274. The molecule has 0 aromatic heterocycles. The van der Waals surface area contributed by atoms with Crippen LogP contribution in [0.4, 0.5) is 0 Å². The number of hydrogen-bond donors (Lipinski definition) is 1. The lowest BCUT2D eigenvalue weighted by atomic mass is 9.77. The van der Waals surface area contributed by atoms with E-state index in [9.17, 15) is 0 Å². The molecular weight excluding hydrogens is 250 g/mol. The van der Waals surface area contributed by atoms with Gasteiger partial charge >= 0.3 is 0 Å². The van der Waals surface area contributed by atoms with Gasteiger partial charge in [-0.25, -0.2) is 0 Å². The molecule has 2 fully saturated rings. The molecule has 0 radical (unpaired) electrons. The lowest BCUT2D eigenvalue weighted by molar-refractivity contribution is -0.140. The fourth-order valence-electron chi connectivity index (χ4n) is 4.05. The number of nitrogens with one attached hydrogen (secondary N) is 1. The molecule has 0 aliphatic heterocycles. The van der Waals surface area contributed by atoms with Gasteiger partial charge in [-0.1, -0.05) is 13.3 Å². The number of rotatable bonds is 6. The molecule has 2 atom stereocenters. The summed E-state index contributed by atoms with van der Waals surface area (Å²) in [5.41, 5.74) is 0.0840. The van der Waals surface area contributed by atoms with Gasteiger partial charge in [0.25, 0.3) is 0 Å². The molecule has 0 bridgehead atoms. The molecule has 0 aromatic carbocycles. The molecule has 118 valence electrons. The highest BCUT2D eigenvalue weighted by molar-refractivity contribution is 4.90. The van der Waals surface area contributed by atoms with Gasteiger partial charge in [0.05, 0.1) is 17.8 Å². The van der Waals surface area contributed by atoms with E-state index in [1.807, 2.05) is 7.11 Å². The Balaban J connectivity index is 1.91. The topological polar surface area (TPSA) is 30.5 Å². The van der Waals surface area contributed by atoms with Crippen LogP contribution in [0.2, 0.25) is 0 Å². The third kappa shape index (κ3) is 4.19. The van der Waals surface area contributed by atoms with Crippen molar-refractivity contribution in [2.75, 3.05) is 20.7 Å². The van der Waals surface area contributed by atoms with Crippen molar-refractivity contribution >= 4 is 0 Å². The Labute approximate surface area is 124 Å². The Morgan fingerprint density at radius 3 is 2.40 bits per heavy atom. The number of ether oxygens (including phenoxy) is 2. The van der Waals surface area contributed by atoms with Crippen molar-refractivity contribution in [1.82, 2.24) is 5.32 Å². The maximum absolute atomic E-state index is 6.64. The van der Waals surface area contributed by atoms with Crippen LogP contribution in [0, 0.1) is 5.92 Å². The van der Waals surface area contributed by atoms with Gasteiger partial charge in [0, 0.05) is 13.7 Å². The van der Waals surface area contributed by atoms with Crippen molar-refractivity contribution < 1.29 is 9.47 Å². The van der Waals surface area contributed by atoms with E-state index in [2.05, 4.69) is 19.3 Å². The van der Waals surface area contributed by atoms with Crippen molar-refractivity contribution in [2.45, 2.75) is 82.5 Å². The zero-order valence-electron chi connectivity index (χ0n) is 13.6. The van der Waals surface area contributed by atoms with Gasteiger partial charge in [-0.15, -0.1) is 0 Å². The van der Waals surface area contributed by atoms with Crippen LogP contribution in [0.15, 0.2) is 0 Å². The van der Waals surface area contributed by atoms with Gasteiger partial charge in [0.1, 0.15) is 0 Å². The minimum Gasteiger partial charge on any atom is -0.381 e. The highest BCUT2D eigenvalue weighted by atomic mass is 16.5. The summed E-state index contributed by atoms with van der Waals surface area (Å²) < 4.78 is 12.2. The molecule has 0 aromatic rings. The molecular formula is C17H33NO2. The van der Waals surface area contributed by atoms with Crippen LogP contribution >= 0.6 is 0 Å². The minimum atomic E-state index is 0.0840. The second-order valence-electron chi connectivity index (χ2n) is 6.83. The van der Waals surface area contributed by atoms with E-state index < -0.39 is 0 Å². The molecule has 20 heavy (non-hydrogen) atoms. The molecule has 3 nitrogen and oxygen atoms in total. The first-order valence-corrected chi connectivity index (χ1v) is 8.56. The van der Waals surface area contributed by atoms with Gasteiger partial charge < -0.3 is 14.8 Å². The van der Waals surface area contributed by atoms with E-state index in [-0.39, 0.29) is 5.60 Å². The Morgan fingerprint density at radius 1 is 1.10 bits per heavy atom. The molecule has 0 heterocycles. The molecule has 1 N–H and O–H groups in total. The van der Waals surface area contributed by atoms with Gasteiger partial charge in [0.2, 0.25) is 0 Å². The van der Waals surface area contributed by atoms with Crippen molar-refractivity contribution in [2.24, 2.45) is 5.92 Å². The summed E-state index contributed by atoms with van der Waals surface area (Å²) >= 11 is 0. The molecule has 2 unspecified atom stereocenters. The van der Waals surface area contributed by atoms with Crippen LogP contribution in [0.5, 0.6) is 0 Å². The summed E-state index contributed by atoms with van der Waals surface area (Å²) in [4.78, 5) is 0. The van der Waals surface area contributed by atoms with Gasteiger partial charge in [-0.2, -0.15) is 0 Å². The van der Waals surface area contributed by atoms with Crippen molar-refractivity contribution in [3.63, 3.8) is 0 Å². The zero-order valence-corrected chi connectivity index (χ0v) is 13.6. The normalized spacial score (nSPS) is 38.9. The predicted octanol–water partition coefficient (Wildman–Crippen LogP) is 3.52. The first-order valence-electron chi connectivity index (χ1n) is 8.56. The summed E-state index contributed by atoms with van der Waals surface area (Å²) in [6, 6.07) is 0. The maximum atomic E-state index is 6.64. The van der Waals surface area contributed by atoms with Crippen LogP contribution in [0.1, 0.15) is 64.7 Å². The van der Waals surface area contributed by atoms with Crippen LogP contribution in [-0.2, 0) is 9.47 Å². The molecule has 0 saturated heterocycles. The molecule has 2 saturated carbocycles. The lowest BCUT2D eigenvalue weighted by Gasteiger charge is -2.43. The standard InChI is InChI=1S/C17H33NO2/c1-4-14-8-10-17(11-9-14,13-18-2)20-16-7-5-6-15(12-16)19-3/h14-16,18H,4-13H2,1-3H3. The predicted molar refractivity (Wildman–Crippen MR) is 83.0 cm³/mol. The van der Waals surface area contributed by atoms with Crippen molar-refractivity contribution in [1.29, 1.82) is 0 Å². The Hall–Kier alpha value is -0.120. The van der Waals surface area contributed by atoms with E-state index >= 15 is 0 Å². The third-order valence-corrected chi connectivity index (χ3v) is 5.42. The average molecular weight is 283 g/mol. The fraction of sp³-hybridized carbons (Fsp3) is 1.00. The van der Waals surface area contributed by atoms with Crippen LogP contribution in [-0.4, -0.2) is 38.5 Å². The summed E-state index contributed by atoms with van der Waals surface area (Å²) in [5.74, 6) is 0.918. The van der Waals surface area contributed by atoms with E-state index in [0.717, 1.165) is 18.9 Å². The summed E-state index contributed by atoms with van der Waals surface area (Å²) in [6.45, 7) is 3.32. The number of hydrogen-bond acceptors (Lipinski definition) is 3. The van der Waals surface area contributed by atoms with Crippen molar-refractivity contribution in [3.05, 3.63) is 0 Å². The highest BCUT2D eigenvalue weighted by Gasteiger charge is 2.38. The third-order valence-electron chi connectivity index (χ3n) is 5.42. The molecule has 2 rings (SSSR count). The minimum absolute atomic E-state index is 0.0840. The second-order valence-corrected chi connectivity index (χ2v) is 6.83. The Kier molecular flexibility index (Phi) is 6.31. The monoisotopic (exact) mass is 283 g/mol. The van der Waals surface area contributed by atoms with E-state index in [0.29, 0.717) is 12.2 Å². The lowest BCUT2D eigenvalue weighted by Crippen LogP contribution is -2.48. The van der Waals surface area contributed by atoms with E-state index in [1.54, 1.807) is 0 Å². The second kappa shape index (κ2) is 7.77.